The van der Waals surface area contributed by atoms with Crippen LogP contribution in [-0.4, -0.2) is 9.55 Å². The molecule has 0 spiro atoms. The van der Waals surface area contributed by atoms with Gasteiger partial charge in [0.25, 0.3) is 0 Å². The smallest absolute Gasteiger partial charge is 0.0998 e. The Morgan fingerprint density at radius 3 is 2.26 bits per heavy atom. The number of aryl methyl sites for hydroxylation is 1. The van der Waals surface area contributed by atoms with E-state index in [1.807, 2.05) is 24.3 Å². The zero-order valence-corrected chi connectivity index (χ0v) is 18.7. The molecule has 0 radical (unpaired) electrons. The van der Waals surface area contributed by atoms with Crippen LogP contribution in [0.2, 0.25) is 0 Å². The molecule has 0 saturated heterocycles. The van der Waals surface area contributed by atoms with Crippen molar-refractivity contribution in [3.63, 3.8) is 0 Å². The van der Waals surface area contributed by atoms with Gasteiger partial charge in [0.1, 0.15) is 0 Å². The third-order valence-electron chi connectivity index (χ3n) is 6.50. The third-order valence-corrected chi connectivity index (χ3v) is 6.50. The molecular formula is C31H21N3. The molecule has 4 aromatic carbocycles. The topological polar surface area (TPSA) is 41.6 Å². The molecule has 6 rings (SSSR count). The molecule has 0 amide bonds. The van der Waals surface area contributed by atoms with E-state index in [4.69, 9.17) is 0 Å². The lowest BCUT2D eigenvalue weighted by atomic mass is 9.99. The molecule has 0 aliphatic rings. The van der Waals surface area contributed by atoms with Crippen molar-refractivity contribution in [1.29, 1.82) is 5.26 Å². The zero-order valence-electron chi connectivity index (χ0n) is 18.7. The van der Waals surface area contributed by atoms with Gasteiger partial charge in [-0.2, -0.15) is 5.26 Å². The maximum Gasteiger partial charge on any atom is 0.0998 e. The summed E-state index contributed by atoms with van der Waals surface area (Å²) < 4.78 is 2.30. The first-order valence-corrected chi connectivity index (χ1v) is 11.3. The minimum atomic E-state index is 0.649. The van der Waals surface area contributed by atoms with Gasteiger partial charge in [-0.25, -0.2) is 0 Å². The van der Waals surface area contributed by atoms with Crippen LogP contribution in [0, 0.1) is 18.3 Å². The SMILES string of the molecule is Cc1ccccc1-c1ccc2c3ccccc3n(-c3ccc(C#N)c(-c4ccncc4)c3)c2c1. The summed E-state index contributed by atoms with van der Waals surface area (Å²) in [5, 5.41) is 12.2. The zero-order chi connectivity index (χ0) is 23.1. The van der Waals surface area contributed by atoms with Crippen molar-refractivity contribution in [2.45, 2.75) is 6.92 Å². The number of hydrogen-bond acceptors (Lipinski definition) is 2. The van der Waals surface area contributed by atoms with Gasteiger partial charge in [0.05, 0.1) is 22.7 Å². The normalized spacial score (nSPS) is 11.1. The average Bonchev–Trinajstić information content (AvgIpc) is 3.23. The summed E-state index contributed by atoms with van der Waals surface area (Å²) in [5.74, 6) is 0. The highest BCUT2D eigenvalue weighted by Crippen LogP contribution is 2.36. The van der Waals surface area contributed by atoms with Gasteiger partial charge in [-0.15, -0.1) is 0 Å². The van der Waals surface area contributed by atoms with Crippen molar-refractivity contribution < 1.29 is 0 Å². The van der Waals surface area contributed by atoms with E-state index in [2.05, 4.69) is 95.3 Å². The van der Waals surface area contributed by atoms with Crippen LogP contribution in [-0.2, 0) is 0 Å². The maximum atomic E-state index is 9.76. The largest absolute Gasteiger partial charge is 0.309 e. The van der Waals surface area contributed by atoms with Gasteiger partial charge in [0, 0.05) is 34.4 Å². The average molecular weight is 436 g/mol. The fourth-order valence-electron chi connectivity index (χ4n) is 4.85. The van der Waals surface area contributed by atoms with Crippen LogP contribution in [0.15, 0.2) is 109 Å². The van der Waals surface area contributed by atoms with Crippen molar-refractivity contribution in [3.05, 3.63) is 121 Å². The first-order chi connectivity index (χ1) is 16.7. The molecule has 2 heterocycles. The Bertz CT molecular complexity index is 1720. The van der Waals surface area contributed by atoms with Crippen LogP contribution in [0.4, 0.5) is 0 Å². The fourth-order valence-corrected chi connectivity index (χ4v) is 4.85. The number of nitriles is 1. The summed E-state index contributed by atoms with van der Waals surface area (Å²) in [5.41, 5.74) is 9.53. The van der Waals surface area contributed by atoms with E-state index in [9.17, 15) is 5.26 Å². The van der Waals surface area contributed by atoms with Crippen molar-refractivity contribution in [3.8, 4) is 34.0 Å². The van der Waals surface area contributed by atoms with Crippen LogP contribution in [0.5, 0.6) is 0 Å². The molecule has 160 valence electrons. The van der Waals surface area contributed by atoms with Crippen LogP contribution >= 0.6 is 0 Å². The fraction of sp³-hybridized carbons (Fsp3) is 0.0323. The van der Waals surface area contributed by atoms with E-state index >= 15 is 0 Å². The Kier molecular flexibility index (Phi) is 4.71. The second-order valence-electron chi connectivity index (χ2n) is 8.48. The van der Waals surface area contributed by atoms with Gasteiger partial charge < -0.3 is 4.57 Å². The number of nitrogens with zero attached hydrogens (tertiary/aromatic N) is 3. The predicted octanol–water partition coefficient (Wildman–Crippen LogP) is 7.69. The lowest BCUT2D eigenvalue weighted by Crippen LogP contribution is -1.96. The maximum absolute atomic E-state index is 9.76. The van der Waals surface area contributed by atoms with E-state index in [0.29, 0.717) is 5.56 Å². The molecule has 0 bridgehead atoms. The molecular weight excluding hydrogens is 414 g/mol. The van der Waals surface area contributed by atoms with E-state index in [-0.39, 0.29) is 0 Å². The molecule has 0 fully saturated rings. The second kappa shape index (κ2) is 8.03. The highest BCUT2D eigenvalue weighted by Gasteiger charge is 2.15. The molecule has 0 aliphatic carbocycles. The predicted molar refractivity (Wildman–Crippen MR) is 139 cm³/mol. The Labute approximate surface area is 198 Å². The number of para-hydroxylation sites is 1. The number of aromatic nitrogens is 2. The third kappa shape index (κ3) is 3.17. The molecule has 2 aromatic heterocycles. The van der Waals surface area contributed by atoms with Gasteiger partial charge in [-0.05, 0) is 71.6 Å². The van der Waals surface area contributed by atoms with Crippen LogP contribution in [0.1, 0.15) is 11.1 Å². The monoisotopic (exact) mass is 435 g/mol. The van der Waals surface area contributed by atoms with Gasteiger partial charge in [0.15, 0.2) is 0 Å². The van der Waals surface area contributed by atoms with Gasteiger partial charge >= 0.3 is 0 Å². The standard InChI is InChI=1S/C31H21N3/c1-21-6-2-3-7-26(21)23-11-13-28-27-8-4-5-9-30(27)34(31(28)18-23)25-12-10-24(20-32)29(19-25)22-14-16-33-17-15-22/h2-19H,1H3. The number of pyridine rings is 1. The quantitative estimate of drug-likeness (QED) is 0.286. The molecule has 0 N–H and O–H groups in total. The Morgan fingerprint density at radius 1 is 0.676 bits per heavy atom. The molecule has 6 aromatic rings. The molecule has 0 atom stereocenters. The first-order valence-electron chi connectivity index (χ1n) is 11.3. The highest BCUT2D eigenvalue weighted by atomic mass is 15.0. The van der Waals surface area contributed by atoms with Gasteiger partial charge in [-0.3, -0.25) is 4.98 Å². The molecule has 3 nitrogen and oxygen atoms in total. The lowest BCUT2D eigenvalue weighted by Gasteiger charge is -2.13. The summed E-state index contributed by atoms with van der Waals surface area (Å²) in [6.45, 7) is 2.15. The van der Waals surface area contributed by atoms with E-state index < -0.39 is 0 Å². The Hall–Kier alpha value is -4.68. The molecule has 3 heteroatoms. The minimum Gasteiger partial charge on any atom is -0.309 e. The summed E-state index contributed by atoms with van der Waals surface area (Å²) in [6.07, 6.45) is 3.52. The van der Waals surface area contributed by atoms with Crippen LogP contribution < -0.4 is 0 Å². The van der Waals surface area contributed by atoms with Gasteiger partial charge in [0.2, 0.25) is 0 Å². The van der Waals surface area contributed by atoms with Crippen molar-refractivity contribution >= 4 is 21.8 Å². The number of fused-ring (bicyclic) bond motifs is 3. The van der Waals surface area contributed by atoms with Crippen LogP contribution in [0.25, 0.3) is 49.7 Å². The van der Waals surface area contributed by atoms with Crippen molar-refractivity contribution in [2.24, 2.45) is 0 Å². The highest BCUT2D eigenvalue weighted by molar-refractivity contribution is 6.10. The van der Waals surface area contributed by atoms with E-state index in [1.54, 1.807) is 12.4 Å². The summed E-state index contributed by atoms with van der Waals surface area (Å²) in [6, 6.07) is 36.0. The first kappa shape index (κ1) is 20.0. The Morgan fingerprint density at radius 2 is 1.44 bits per heavy atom. The van der Waals surface area contributed by atoms with Crippen molar-refractivity contribution in [1.82, 2.24) is 9.55 Å². The summed E-state index contributed by atoms with van der Waals surface area (Å²) in [4.78, 5) is 4.14. The summed E-state index contributed by atoms with van der Waals surface area (Å²) >= 11 is 0. The van der Waals surface area contributed by atoms with E-state index in [1.165, 1.54) is 27.5 Å². The number of benzene rings is 4. The molecule has 0 aliphatic heterocycles. The number of hydrogen-bond donors (Lipinski definition) is 0. The minimum absolute atomic E-state index is 0.649. The molecule has 0 saturated carbocycles. The van der Waals surface area contributed by atoms with E-state index in [0.717, 1.165) is 27.8 Å². The molecule has 0 unspecified atom stereocenters. The molecule has 34 heavy (non-hydrogen) atoms. The second-order valence-corrected chi connectivity index (χ2v) is 8.48. The lowest BCUT2D eigenvalue weighted by molar-refractivity contribution is 1.18. The Balaban J connectivity index is 1.66. The number of rotatable bonds is 3. The summed E-state index contributed by atoms with van der Waals surface area (Å²) in [7, 11) is 0. The van der Waals surface area contributed by atoms with Gasteiger partial charge in [-0.1, -0.05) is 54.6 Å². The van der Waals surface area contributed by atoms with Crippen LogP contribution in [0.3, 0.4) is 0 Å². The van der Waals surface area contributed by atoms with Crippen molar-refractivity contribution in [2.75, 3.05) is 0 Å².